The Balaban J connectivity index is 2.00. The lowest BCUT2D eigenvalue weighted by atomic mass is 10.1. The molecule has 0 saturated carbocycles. The van der Waals surface area contributed by atoms with E-state index in [1.54, 1.807) is 0 Å². The van der Waals surface area contributed by atoms with Gasteiger partial charge in [0.05, 0.1) is 0 Å². The van der Waals surface area contributed by atoms with E-state index in [0.717, 1.165) is 37.9 Å². The van der Waals surface area contributed by atoms with E-state index in [9.17, 15) is 9.59 Å². The van der Waals surface area contributed by atoms with Crippen LogP contribution in [0.5, 0.6) is 0 Å². The van der Waals surface area contributed by atoms with Crippen LogP contribution in [0.25, 0.3) is 0 Å². The van der Waals surface area contributed by atoms with Crippen molar-refractivity contribution in [1.29, 1.82) is 0 Å². The van der Waals surface area contributed by atoms with Crippen LogP contribution in [0.4, 0.5) is 0 Å². The summed E-state index contributed by atoms with van der Waals surface area (Å²) in [7, 11) is 0. The van der Waals surface area contributed by atoms with Gasteiger partial charge in [-0.2, -0.15) is 0 Å². The van der Waals surface area contributed by atoms with Gasteiger partial charge in [-0.15, -0.1) is 0 Å². The molecule has 2 N–H and O–H groups in total. The van der Waals surface area contributed by atoms with Crippen molar-refractivity contribution in [2.45, 2.75) is 25.3 Å². The van der Waals surface area contributed by atoms with Crippen molar-refractivity contribution < 1.29 is 9.59 Å². The van der Waals surface area contributed by atoms with E-state index < -0.39 is 0 Å². The van der Waals surface area contributed by atoms with Crippen molar-refractivity contribution in [2.75, 3.05) is 19.6 Å². The lowest BCUT2D eigenvalue weighted by Crippen LogP contribution is -2.45. The summed E-state index contributed by atoms with van der Waals surface area (Å²) in [5.74, 6) is 0.0347. The van der Waals surface area contributed by atoms with Gasteiger partial charge in [0.15, 0.2) is 0 Å². The Kier molecular flexibility index (Phi) is 4.39. The van der Waals surface area contributed by atoms with Crippen molar-refractivity contribution in [1.82, 2.24) is 15.5 Å². The van der Waals surface area contributed by atoms with Crippen LogP contribution in [0.1, 0.15) is 19.3 Å². The number of dihydropyridines is 1. The quantitative estimate of drug-likeness (QED) is 0.698. The van der Waals surface area contributed by atoms with Crippen LogP contribution in [0.15, 0.2) is 23.9 Å². The summed E-state index contributed by atoms with van der Waals surface area (Å²) >= 11 is 0. The zero-order chi connectivity index (χ0) is 12.8. The van der Waals surface area contributed by atoms with Crippen LogP contribution in [-0.2, 0) is 9.59 Å². The minimum atomic E-state index is -0.351. The van der Waals surface area contributed by atoms with Gasteiger partial charge in [0.1, 0.15) is 6.04 Å². The number of amides is 2. The second-order valence-electron chi connectivity index (χ2n) is 4.61. The molecule has 0 spiro atoms. The molecule has 0 radical (unpaired) electrons. The van der Waals surface area contributed by atoms with Gasteiger partial charge in [-0.25, -0.2) is 0 Å². The highest BCUT2D eigenvalue weighted by atomic mass is 16.2. The first-order chi connectivity index (χ1) is 8.81. The number of nitrogens with zero attached hydrogens (tertiary/aromatic N) is 1. The number of hydrogen-bond donors (Lipinski definition) is 2. The molecule has 5 nitrogen and oxygen atoms in total. The highest BCUT2D eigenvalue weighted by molar-refractivity contribution is 5.84. The smallest absolute Gasteiger partial charge is 0.245 e. The third-order valence-electron chi connectivity index (χ3n) is 3.32. The molecule has 0 aliphatic carbocycles. The Morgan fingerprint density at radius 3 is 3.11 bits per heavy atom. The normalized spacial score (nSPS) is 24.0. The number of carbonyl (C=O) groups excluding carboxylic acids is 2. The highest BCUT2D eigenvalue weighted by Gasteiger charge is 2.26. The van der Waals surface area contributed by atoms with Crippen molar-refractivity contribution in [3.05, 3.63) is 23.9 Å². The molecule has 1 fully saturated rings. The molecule has 0 aromatic carbocycles. The van der Waals surface area contributed by atoms with Gasteiger partial charge in [-0.1, -0.05) is 6.08 Å². The first-order valence-electron chi connectivity index (χ1n) is 6.38. The summed E-state index contributed by atoms with van der Waals surface area (Å²) in [4.78, 5) is 24.6. The van der Waals surface area contributed by atoms with E-state index >= 15 is 0 Å². The fourth-order valence-corrected chi connectivity index (χ4v) is 2.33. The van der Waals surface area contributed by atoms with Gasteiger partial charge in [0, 0.05) is 19.6 Å². The van der Waals surface area contributed by atoms with Gasteiger partial charge >= 0.3 is 0 Å². The minimum absolute atomic E-state index is 0.0347. The van der Waals surface area contributed by atoms with E-state index in [4.69, 9.17) is 0 Å². The zero-order valence-corrected chi connectivity index (χ0v) is 10.4. The average Bonchev–Trinajstić information content (AvgIpc) is 2.56. The monoisotopic (exact) mass is 249 g/mol. The predicted octanol–water partition coefficient (Wildman–Crippen LogP) is 0.157. The SMILES string of the molecule is O=CN[C@H]1CCCCN(CC2=CCNC=C2)C1=O. The van der Waals surface area contributed by atoms with E-state index in [-0.39, 0.29) is 11.9 Å². The van der Waals surface area contributed by atoms with E-state index in [2.05, 4.69) is 16.7 Å². The fraction of sp³-hybridized carbons (Fsp3) is 0.538. The summed E-state index contributed by atoms with van der Waals surface area (Å²) in [5, 5.41) is 5.71. The van der Waals surface area contributed by atoms with Crippen molar-refractivity contribution >= 4 is 12.3 Å². The van der Waals surface area contributed by atoms with E-state index in [0.29, 0.717) is 13.0 Å². The van der Waals surface area contributed by atoms with Crippen molar-refractivity contribution in [3.63, 3.8) is 0 Å². The maximum atomic E-state index is 12.2. The van der Waals surface area contributed by atoms with Gasteiger partial charge in [0.2, 0.25) is 12.3 Å². The molecule has 98 valence electrons. The topological polar surface area (TPSA) is 61.4 Å². The van der Waals surface area contributed by atoms with Crippen molar-refractivity contribution in [2.24, 2.45) is 0 Å². The lowest BCUT2D eigenvalue weighted by Gasteiger charge is -2.25. The second kappa shape index (κ2) is 6.23. The third-order valence-corrected chi connectivity index (χ3v) is 3.32. The highest BCUT2D eigenvalue weighted by Crippen LogP contribution is 2.14. The molecule has 0 aromatic heterocycles. The summed E-state index contributed by atoms with van der Waals surface area (Å²) in [5.41, 5.74) is 1.15. The van der Waals surface area contributed by atoms with E-state index in [1.165, 1.54) is 0 Å². The molecule has 2 rings (SSSR count). The maximum Gasteiger partial charge on any atom is 0.245 e. The van der Waals surface area contributed by atoms with Crippen LogP contribution in [0.2, 0.25) is 0 Å². The average molecular weight is 249 g/mol. The summed E-state index contributed by atoms with van der Waals surface area (Å²) in [6, 6.07) is -0.351. The summed E-state index contributed by atoms with van der Waals surface area (Å²) in [6.45, 7) is 2.21. The van der Waals surface area contributed by atoms with E-state index in [1.807, 2.05) is 17.2 Å². The standard InChI is InChI=1S/C13H19N3O2/c17-10-15-12-3-1-2-8-16(13(12)18)9-11-4-6-14-7-5-11/h4-6,10,12,14H,1-3,7-9H2,(H,15,17)/t12-/m0/s1. The summed E-state index contributed by atoms with van der Waals surface area (Å²) in [6.07, 6.45) is 9.31. The van der Waals surface area contributed by atoms with Crippen LogP contribution >= 0.6 is 0 Å². The zero-order valence-electron chi connectivity index (χ0n) is 10.4. The van der Waals surface area contributed by atoms with Crippen LogP contribution in [0.3, 0.4) is 0 Å². The molecule has 2 heterocycles. The number of rotatable bonds is 4. The Hall–Kier alpha value is -1.78. The number of carbonyl (C=O) groups is 2. The van der Waals surface area contributed by atoms with Crippen LogP contribution in [-0.4, -0.2) is 42.9 Å². The molecule has 0 unspecified atom stereocenters. The minimum Gasteiger partial charge on any atom is -0.387 e. The molecule has 0 aromatic rings. The first-order valence-corrected chi connectivity index (χ1v) is 6.38. The fourth-order valence-electron chi connectivity index (χ4n) is 2.33. The first kappa shape index (κ1) is 12.7. The Labute approximate surface area is 107 Å². The number of hydrogen-bond acceptors (Lipinski definition) is 3. The van der Waals surface area contributed by atoms with Gasteiger partial charge in [-0.3, -0.25) is 9.59 Å². The van der Waals surface area contributed by atoms with Gasteiger partial charge < -0.3 is 15.5 Å². The van der Waals surface area contributed by atoms with Gasteiger partial charge in [0.25, 0.3) is 0 Å². The maximum absolute atomic E-state index is 12.2. The molecule has 2 aliphatic heterocycles. The molecular formula is C13H19N3O2. The van der Waals surface area contributed by atoms with Crippen LogP contribution < -0.4 is 10.6 Å². The van der Waals surface area contributed by atoms with Crippen molar-refractivity contribution in [3.8, 4) is 0 Å². The number of nitrogens with one attached hydrogen (secondary N) is 2. The third kappa shape index (κ3) is 3.12. The van der Waals surface area contributed by atoms with Crippen LogP contribution in [0, 0.1) is 0 Å². The number of likely N-dealkylation sites (tertiary alicyclic amines) is 1. The summed E-state index contributed by atoms with van der Waals surface area (Å²) < 4.78 is 0. The molecular weight excluding hydrogens is 230 g/mol. The second-order valence-corrected chi connectivity index (χ2v) is 4.61. The molecule has 2 aliphatic rings. The predicted molar refractivity (Wildman–Crippen MR) is 68.6 cm³/mol. The Morgan fingerprint density at radius 2 is 2.39 bits per heavy atom. The molecule has 1 atom stereocenters. The Morgan fingerprint density at radius 1 is 1.50 bits per heavy atom. The lowest BCUT2D eigenvalue weighted by molar-refractivity contribution is -0.133. The molecule has 2 amide bonds. The molecule has 5 heteroatoms. The van der Waals surface area contributed by atoms with Gasteiger partial charge in [-0.05, 0) is 37.1 Å². The molecule has 1 saturated heterocycles. The largest absolute Gasteiger partial charge is 0.387 e. The molecule has 18 heavy (non-hydrogen) atoms. The Bertz CT molecular complexity index is 376. The molecule has 0 bridgehead atoms.